The lowest BCUT2D eigenvalue weighted by atomic mass is 9.87. The van der Waals surface area contributed by atoms with Crippen LogP contribution in [0.25, 0.3) is 5.57 Å². The number of nitrogens with zero attached hydrogens (tertiary/aromatic N) is 2. The average Bonchev–Trinajstić information content (AvgIpc) is 2.98. The number of ether oxygens (including phenoxy) is 1. The zero-order valence-electron chi connectivity index (χ0n) is 19.0. The van der Waals surface area contributed by atoms with Crippen LogP contribution < -0.4 is 4.90 Å². The van der Waals surface area contributed by atoms with Gasteiger partial charge in [-0.2, -0.15) is 0 Å². The maximum absolute atomic E-state index is 13.7. The zero-order valence-corrected chi connectivity index (χ0v) is 19.0. The molecule has 1 fully saturated rings. The molecule has 5 nitrogen and oxygen atoms in total. The molecule has 5 heteroatoms. The quantitative estimate of drug-likeness (QED) is 0.701. The number of amides is 2. The first-order valence-electron chi connectivity index (χ1n) is 10.8. The summed E-state index contributed by atoms with van der Waals surface area (Å²) in [7, 11) is 0. The van der Waals surface area contributed by atoms with Gasteiger partial charge in [-0.25, -0.2) is 4.90 Å². The molecule has 0 bridgehead atoms. The van der Waals surface area contributed by atoms with Gasteiger partial charge in [0, 0.05) is 13.1 Å². The van der Waals surface area contributed by atoms with Gasteiger partial charge < -0.3 is 9.64 Å². The van der Waals surface area contributed by atoms with Gasteiger partial charge in [-0.3, -0.25) is 9.59 Å². The summed E-state index contributed by atoms with van der Waals surface area (Å²) < 4.78 is 5.48. The van der Waals surface area contributed by atoms with Gasteiger partial charge in [0.1, 0.15) is 5.70 Å². The van der Waals surface area contributed by atoms with Crippen molar-refractivity contribution in [1.29, 1.82) is 0 Å². The minimum Gasteiger partial charge on any atom is -0.378 e. The number of carbonyl (C=O) groups is 2. The predicted molar refractivity (Wildman–Crippen MR) is 123 cm³/mol. The van der Waals surface area contributed by atoms with E-state index >= 15 is 0 Å². The van der Waals surface area contributed by atoms with Gasteiger partial charge in [-0.05, 0) is 48.1 Å². The van der Waals surface area contributed by atoms with Gasteiger partial charge in [-0.1, -0.05) is 56.7 Å². The number of imide groups is 1. The molecule has 0 spiro atoms. The molecule has 31 heavy (non-hydrogen) atoms. The highest BCUT2D eigenvalue weighted by molar-refractivity contribution is 6.45. The van der Waals surface area contributed by atoms with Crippen molar-refractivity contribution in [3.05, 3.63) is 70.4 Å². The third-order valence-electron chi connectivity index (χ3n) is 6.03. The maximum Gasteiger partial charge on any atom is 0.282 e. The van der Waals surface area contributed by atoms with Crippen LogP contribution in [0.5, 0.6) is 0 Å². The second-order valence-corrected chi connectivity index (χ2v) is 9.38. The summed E-state index contributed by atoms with van der Waals surface area (Å²) >= 11 is 0. The van der Waals surface area contributed by atoms with Crippen molar-refractivity contribution in [3.8, 4) is 0 Å². The molecule has 1 saturated heterocycles. The van der Waals surface area contributed by atoms with Crippen LogP contribution in [0.15, 0.2) is 48.2 Å². The SMILES string of the molecule is Cc1ccc(C2=C(N3CCOCC3)C(=O)N(c3ccc(C(C)(C)C)cc3)C2=O)c(C)c1. The van der Waals surface area contributed by atoms with Gasteiger partial charge in [0.05, 0.1) is 24.5 Å². The van der Waals surface area contributed by atoms with Crippen molar-refractivity contribution in [2.24, 2.45) is 0 Å². The van der Waals surface area contributed by atoms with E-state index in [1.807, 2.05) is 55.1 Å². The molecule has 0 atom stereocenters. The maximum atomic E-state index is 13.7. The van der Waals surface area contributed by atoms with Gasteiger partial charge >= 0.3 is 0 Å². The van der Waals surface area contributed by atoms with E-state index in [4.69, 9.17) is 4.74 Å². The molecule has 0 N–H and O–H groups in total. The average molecular weight is 419 g/mol. The van der Waals surface area contributed by atoms with Crippen LogP contribution in [0, 0.1) is 13.8 Å². The van der Waals surface area contributed by atoms with Gasteiger partial charge in [0.25, 0.3) is 11.8 Å². The molecule has 2 amide bonds. The van der Waals surface area contributed by atoms with Crippen molar-refractivity contribution < 1.29 is 14.3 Å². The Morgan fingerprint density at radius 1 is 0.871 bits per heavy atom. The topological polar surface area (TPSA) is 49.9 Å². The van der Waals surface area contributed by atoms with E-state index in [-0.39, 0.29) is 17.2 Å². The first-order chi connectivity index (χ1) is 14.7. The van der Waals surface area contributed by atoms with Crippen LogP contribution in [0.4, 0.5) is 5.69 Å². The van der Waals surface area contributed by atoms with Crippen LogP contribution in [0.2, 0.25) is 0 Å². The summed E-state index contributed by atoms with van der Waals surface area (Å²) in [5.41, 5.74) is 5.68. The van der Waals surface area contributed by atoms with Gasteiger partial charge in [0.2, 0.25) is 0 Å². The van der Waals surface area contributed by atoms with E-state index in [0.717, 1.165) is 22.3 Å². The van der Waals surface area contributed by atoms with Crippen LogP contribution in [-0.2, 0) is 19.7 Å². The lowest BCUT2D eigenvalue weighted by Gasteiger charge is -2.29. The van der Waals surface area contributed by atoms with Crippen molar-refractivity contribution >= 4 is 23.1 Å². The Bertz CT molecular complexity index is 1060. The van der Waals surface area contributed by atoms with Crippen molar-refractivity contribution in [3.63, 3.8) is 0 Å². The molecule has 0 saturated carbocycles. The Labute approximate surface area is 184 Å². The van der Waals surface area contributed by atoms with E-state index in [1.165, 1.54) is 4.90 Å². The Balaban J connectivity index is 1.80. The fraction of sp³-hybridized carbons (Fsp3) is 0.385. The summed E-state index contributed by atoms with van der Waals surface area (Å²) in [6.45, 7) is 12.7. The molecule has 2 aromatic carbocycles. The van der Waals surface area contributed by atoms with E-state index in [0.29, 0.717) is 43.3 Å². The largest absolute Gasteiger partial charge is 0.378 e. The van der Waals surface area contributed by atoms with E-state index in [9.17, 15) is 9.59 Å². The van der Waals surface area contributed by atoms with Crippen molar-refractivity contribution in [1.82, 2.24) is 4.90 Å². The predicted octanol–water partition coefficient (Wildman–Crippen LogP) is 4.22. The monoisotopic (exact) mass is 418 g/mol. The molecule has 2 aliphatic heterocycles. The Hall–Kier alpha value is -2.92. The Morgan fingerprint density at radius 2 is 1.52 bits per heavy atom. The molecule has 0 radical (unpaired) electrons. The third-order valence-corrected chi connectivity index (χ3v) is 6.03. The Kier molecular flexibility index (Phi) is 5.48. The third kappa shape index (κ3) is 3.90. The first kappa shape index (κ1) is 21.3. The summed E-state index contributed by atoms with van der Waals surface area (Å²) in [5.74, 6) is -0.521. The number of hydrogen-bond donors (Lipinski definition) is 0. The molecular weight excluding hydrogens is 388 g/mol. The second kappa shape index (κ2) is 7.97. The van der Waals surface area contributed by atoms with Crippen molar-refractivity contribution in [2.75, 3.05) is 31.2 Å². The number of morpholine rings is 1. The number of anilines is 1. The molecule has 0 aliphatic carbocycles. The fourth-order valence-corrected chi connectivity index (χ4v) is 4.28. The molecule has 0 unspecified atom stereocenters. The highest BCUT2D eigenvalue weighted by Crippen LogP contribution is 2.37. The minimum atomic E-state index is -0.262. The fourth-order valence-electron chi connectivity index (χ4n) is 4.28. The molecule has 162 valence electrons. The van der Waals surface area contributed by atoms with Gasteiger partial charge in [0.15, 0.2) is 0 Å². The van der Waals surface area contributed by atoms with E-state index in [2.05, 4.69) is 26.8 Å². The van der Waals surface area contributed by atoms with E-state index < -0.39 is 0 Å². The van der Waals surface area contributed by atoms with Gasteiger partial charge in [-0.15, -0.1) is 0 Å². The Morgan fingerprint density at radius 3 is 2.10 bits per heavy atom. The van der Waals surface area contributed by atoms with Crippen molar-refractivity contribution in [2.45, 2.75) is 40.0 Å². The summed E-state index contributed by atoms with van der Waals surface area (Å²) in [4.78, 5) is 30.6. The van der Waals surface area contributed by atoms with E-state index in [1.54, 1.807) is 0 Å². The lowest BCUT2D eigenvalue weighted by Crippen LogP contribution is -2.40. The number of hydrogen-bond acceptors (Lipinski definition) is 4. The molecular formula is C26H30N2O3. The standard InChI is InChI=1S/C26H30N2O3/c1-17-6-11-21(18(2)16-17)22-23(27-12-14-31-15-13-27)25(30)28(24(22)29)20-9-7-19(8-10-20)26(3,4)5/h6-11,16H,12-15H2,1-5H3. The van der Waals surface area contributed by atoms with Crippen LogP contribution in [0.3, 0.4) is 0 Å². The lowest BCUT2D eigenvalue weighted by molar-refractivity contribution is -0.121. The first-order valence-corrected chi connectivity index (χ1v) is 10.8. The second-order valence-electron chi connectivity index (χ2n) is 9.38. The highest BCUT2D eigenvalue weighted by Gasteiger charge is 2.43. The number of aryl methyl sites for hydroxylation is 2. The summed E-state index contributed by atoms with van der Waals surface area (Å²) in [5, 5.41) is 0. The molecule has 2 heterocycles. The number of rotatable bonds is 3. The highest BCUT2D eigenvalue weighted by atomic mass is 16.5. The van der Waals surface area contributed by atoms with Crippen LogP contribution >= 0.6 is 0 Å². The molecule has 4 rings (SSSR count). The van der Waals surface area contributed by atoms with Crippen LogP contribution in [-0.4, -0.2) is 43.0 Å². The minimum absolute atomic E-state index is 0.00105. The molecule has 0 aromatic heterocycles. The smallest absolute Gasteiger partial charge is 0.282 e. The molecule has 2 aromatic rings. The molecule has 2 aliphatic rings. The number of benzene rings is 2. The normalized spacial score (nSPS) is 17.7. The summed E-state index contributed by atoms with van der Waals surface area (Å²) in [6.07, 6.45) is 0. The summed E-state index contributed by atoms with van der Waals surface area (Å²) in [6, 6.07) is 13.7. The zero-order chi connectivity index (χ0) is 22.3. The van der Waals surface area contributed by atoms with Crippen LogP contribution in [0.1, 0.15) is 43.0 Å². The number of carbonyl (C=O) groups excluding carboxylic acids is 2.